The maximum Gasteiger partial charge on any atom is 0.196 e. The molecular weight excluding hydrogens is 241 g/mol. The van der Waals surface area contributed by atoms with Gasteiger partial charge in [-0.1, -0.05) is 12.8 Å². The summed E-state index contributed by atoms with van der Waals surface area (Å²) in [6.45, 7) is 1.74. The molecule has 2 aromatic rings. The number of hydrogen-bond acceptors (Lipinski definition) is 1. The molecule has 2 rings (SSSR count). The van der Waals surface area contributed by atoms with Crippen molar-refractivity contribution in [3.8, 4) is 18.1 Å². The Morgan fingerprint density at radius 1 is 1.17 bits per heavy atom. The number of aromatic hydroxyl groups is 1. The second kappa shape index (κ2) is 4.26. The summed E-state index contributed by atoms with van der Waals surface area (Å²) in [6, 6.07) is 2.40. The summed E-state index contributed by atoms with van der Waals surface area (Å²) >= 11 is 0. The van der Waals surface area contributed by atoms with E-state index in [2.05, 4.69) is 0 Å². The lowest BCUT2D eigenvalue weighted by Gasteiger charge is -2.11. The van der Waals surface area contributed by atoms with Crippen LogP contribution in [0.4, 0.5) is 13.2 Å². The molecule has 0 unspecified atom stereocenters. The first-order valence-corrected chi connectivity index (χ1v) is 5.29. The Morgan fingerprint density at radius 2 is 1.83 bits per heavy atom. The van der Waals surface area contributed by atoms with E-state index < -0.39 is 17.5 Å². The van der Waals surface area contributed by atoms with Gasteiger partial charge >= 0.3 is 0 Å². The van der Waals surface area contributed by atoms with E-state index in [-0.39, 0.29) is 22.1 Å². The summed E-state index contributed by atoms with van der Waals surface area (Å²) < 4.78 is 40.6. The number of aryl methyl sites for hydroxylation is 1. The van der Waals surface area contributed by atoms with Gasteiger partial charge in [-0.2, -0.15) is 0 Å². The van der Waals surface area contributed by atoms with E-state index in [4.69, 9.17) is 6.42 Å². The fourth-order valence-corrected chi connectivity index (χ4v) is 2.00. The van der Waals surface area contributed by atoms with Crippen LogP contribution >= 0.6 is 0 Å². The van der Waals surface area contributed by atoms with Gasteiger partial charge < -0.3 is 5.11 Å². The van der Waals surface area contributed by atoms with E-state index in [1.165, 1.54) is 6.07 Å². The Balaban J connectivity index is 3.11. The summed E-state index contributed by atoms with van der Waals surface area (Å²) in [5.74, 6) is -2.51. The number of benzene rings is 2. The van der Waals surface area contributed by atoms with Crippen molar-refractivity contribution in [1.29, 1.82) is 0 Å². The van der Waals surface area contributed by atoms with Gasteiger partial charge in [-0.3, -0.25) is 0 Å². The highest BCUT2D eigenvalue weighted by atomic mass is 19.2. The van der Waals surface area contributed by atoms with Crippen LogP contribution < -0.4 is 0 Å². The van der Waals surface area contributed by atoms with Gasteiger partial charge in [0.2, 0.25) is 0 Å². The molecule has 0 aliphatic carbocycles. The molecule has 0 fully saturated rings. The summed E-state index contributed by atoms with van der Waals surface area (Å²) in [5, 5.41) is 9.38. The molecule has 0 spiro atoms. The number of rotatable bonds is 1. The minimum absolute atomic E-state index is 0.134. The van der Waals surface area contributed by atoms with Gasteiger partial charge in [0.15, 0.2) is 17.5 Å². The summed E-state index contributed by atoms with van der Waals surface area (Å²) in [7, 11) is 0. The lowest BCUT2D eigenvalue weighted by molar-refractivity contribution is 0.450. The zero-order valence-corrected chi connectivity index (χ0v) is 9.52. The van der Waals surface area contributed by atoms with Crippen LogP contribution in [0.3, 0.4) is 0 Å². The third-order valence-corrected chi connectivity index (χ3v) is 2.82. The Hall–Kier alpha value is -2.15. The van der Waals surface area contributed by atoms with Gasteiger partial charge in [0.05, 0.1) is 5.56 Å². The fourth-order valence-electron chi connectivity index (χ4n) is 2.00. The minimum atomic E-state index is -1.62. The smallest absolute Gasteiger partial charge is 0.196 e. The second-order valence-electron chi connectivity index (χ2n) is 3.84. The number of phenolic OH excluding ortho intramolecular Hbond substituents is 1. The average Bonchev–Trinajstić information content (AvgIpc) is 2.37. The monoisotopic (exact) mass is 250 g/mol. The van der Waals surface area contributed by atoms with E-state index in [0.717, 1.165) is 6.07 Å². The van der Waals surface area contributed by atoms with E-state index in [0.29, 0.717) is 12.0 Å². The predicted molar refractivity (Wildman–Crippen MR) is 62.8 cm³/mol. The second-order valence-corrected chi connectivity index (χ2v) is 3.84. The standard InChI is InChI=1S/C14H9F3O/c1-3-7-5-8(18)6-10-11(7)9(4-2)12(15)14(17)13(10)16/h2,5-6,18H,3H2,1H3. The van der Waals surface area contributed by atoms with E-state index in [1.54, 1.807) is 6.92 Å². The average molecular weight is 250 g/mol. The molecule has 0 aromatic heterocycles. The van der Waals surface area contributed by atoms with Crippen molar-refractivity contribution in [3.05, 3.63) is 40.7 Å². The Morgan fingerprint density at radius 3 is 2.39 bits per heavy atom. The Labute approximate surface area is 102 Å². The van der Waals surface area contributed by atoms with Gasteiger partial charge in [0, 0.05) is 10.8 Å². The molecule has 0 aliphatic rings. The van der Waals surface area contributed by atoms with Gasteiger partial charge in [-0.05, 0) is 24.1 Å². The summed E-state index contributed by atoms with van der Waals surface area (Å²) in [4.78, 5) is 0. The first-order chi connectivity index (χ1) is 8.51. The molecule has 0 bridgehead atoms. The van der Waals surface area contributed by atoms with Crippen LogP contribution in [0.1, 0.15) is 18.1 Å². The van der Waals surface area contributed by atoms with Gasteiger partial charge in [0.25, 0.3) is 0 Å². The predicted octanol–water partition coefficient (Wildman–Crippen LogP) is 3.51. The molecule has 1 nitrogen and oxygen atoms in total. The van der Waals surface area contributed by atoms with Crippen LogP contribution in [-0.4, -0.2) is 5.11 Å². The zero-order chi connectivity index (χ0) is 13.4. The molecule has 92 valence electrons. The number of phenols is 1. The Kier molecular flexibility index (Phi) is 2.92. The normalized spacial score (nSPS) is 10.6. The molecule has 2 aromatic carbocycles. The molecule has 0 aliphatic heterocycles. The molecule has 1 N–H and O–H groups in total. The first-order valence-electron chi connectivity index (χ1n) is 5.29. The van der Waals surface area contributed by atoms with Crippen molar-refractivity contribution < 1.29 is 18.3 Å². The molecule has 18 heavy (non-hydrogen) atoms. The number of halogens is 3. The first kappa shape index (κ1) is 12.3. The third kappa shape index (κ3) is 1.60. The SMILES string of the molecule is C#Cc1c(F)c(F)c(F)c2cc(O)cc(CC)c12. The maximum absolute atomic E-state index is 13.7. The highest BCUT2D eigenvalue weighted by molar-refractivity contribution is 5.93. The zero-order valence-electron chi connectivity index (χ0n) is 9.52. The van der Waals surface area contributed by atoms with Crippen LogP contribution in [-0.2, 0) is 6.42 Å². The third-order valence-electron chi connectivity index (χ3n) is 2.82. The van der Waals surface area contributed by atoms with Gasteiger partial charge in [-0.25, -0.2) is 13.2 Å². The summed E-state index contributed by atoms with van der Waals surface area (Å²) in [5.41, 5.74) is 0.150. The van der Waals surface area contributed by atoms with Gasteiger partial charge in [-0.15, -0.1) is 6.42 Å². The molecule has 0 atom stereocenters. The van der Waals surface area contributed by atoms with Crippen molar-refractivity contribution in [2.75, 3.05) is 0 Å². The Bertz CT molecular complexity index is 684. The summed E-state index contributed by atoms with van der Waals surface area (Å²) in [6.07, 6.45) is 5.56. The fraction of sp³-hybridized carbons (Fsp3) is 0.143. The highest BCUT2D eigenvalue weighted by Crippen LogP contribution is 2.33. The van der Waals surface area contributed by atoms with E-state index >= 15 is 0 Å². The highest BCUT2D eigenvalue weighted by Gasteiger charge is 2.21. The lowest BCUT2D eigenvalue weighted by Crippen LogP contribution is -2.00. The lowest BCUT2D eigenvalue weighted by atomic mass is 9.96. The van der Waals surface area contributed by atoms with Crippen LogP contribution in [0.5, 0.6) is 5.75 Å². The van der Waals surface area contributed by atoms with Crippen LogP contribution in [0.15, 0.2) is 12.1 Å². The molecule has 0 heterocycles. The molecule has 0 radical (unpaired) electrons. The topological polar surface area (TPSA) is 20.2 Å². The molecule has 0 amide bonds. The van der Waals surface area contributed by atoms with Crippen LogP contribution in [0.25, 0.3) is 10.8 Å². The van der Waals surface area contributed by atoms with Crippen molar-refractivity contribution >= 4 is 10.8 Å². The number of terminal acetylenes is 1. The van der Waals surface area contributed by atoms with Crippen molar-refractivity contribution in [1.82, 2.24) is 0 Å². The van der Waals surface area contributed by atoms with Crippen LogP contribution in [0.2, 0.25) is 0 Å². The molecule has 4 heteroatoms. The largest absolute Gasteiger partial charge is 0.508 e. The van der Waals surface area contributed by atoms with Crippen molar-refractivity contribution in [2.45, 2.75) is 13.3 Å². The maximum atomic E-state index is 13.7. The molecular formula is C14H9F3O. The van der Waals surface area contributed by atoms with Crippen LogP contribution in [0, 0.1) is 29.8 Å². The van der Waals surface area contributed by atoms with Crippen molar-refractivity contribution in [3.63, 3.8) is 0 Å². The number of hydrogen-bond donors (Lipinski definition) is 1. The van der Waals surface area contributed by atoms with Gasteiger partial charge in [0.1, 0.15) is 5.75 Å². The molecule has 0 saturated heterocycles. The molecule has 0 saturated carbocycles. The number of fused-ring (bicyclic) bond motifs is 1. The minimum Gasteiger partial charge on any atom is -0.508 e. The van der Waals surface area contributed by atoms with E-state index in [9.17, 15) is 18.3 Å². The van der Waals surface area contributed by atoms with Crippen molar-refractivity contribution in [2.24, 2.45) is 0 Å². The quantitative estimate of drug-likeness (QED) is 0.606. The van der Waals surface area contributed by atoms with E-state index in [1.807, 2.05) is 5.92 Å².